The van der Waals surface area contributed by atoms with Crippen LogP contribution in [0.1, 0.15) is 22.3 Å². The van der Waals surface area contributed by atoms with Crippen LogP contribution in [0.5, 0.6) is 0 Å². The summed E-state index contributed by atoms with van der Waals surface area (Å²) in [6.45, 7) is 0.287. The van der Waals surface area contributed by atoms with Gasteiger partial charge in [0.2, 0.25) is 0 Å². The van der Waals surface area contributed by atoms with Gasteiger partial charge in [-0.05, 0) is 35.1 Å². The monoisotopic (exact) mass is 298 g/mol. The summed E-state index contributed by atoms with van der Waals surface area (Å²) in [5.74, 6) is 0.185. The van der Waals surface area contributed by atoms with Gasteiger partial charge in [-0.15, -0.1) is 0 Å². The van der Waals surface area contributed by atoms with Crippen molar-refractivity contribution in [1.29, 1.82) is 0 Å². The van der Waals surface area contributed by atoms with Gasteiger partial charge in [0.25, 0.3) is 0 Å². The Morgan fingerprint density at radius 1 is 0.636 bits per heavy atom. The molecule has 3 heteroatoms. The van der Waals surface area contributed by atoms with E-state index >= 15 is 0 Å². The van der Waals surface area contributed by atoms with Crippen molar-refractivity contribution in [2.75, 3.05) is 13.2 Å². The minimum absolute atomic E-state index is 0.143. The molecule has 0 saturated heterocycles. The average Bonchev–Trinajstić information content (AvgIpc) is 2.52. The average molecular weight is 298 g/mol. The zero-order valence-electron chi connectivity index (χ0n) is 12.7. The summed E-state index contributed by atoms with van der Waals surface area (Å²) >= 11 is 0. The molecule has 22 heavy (non-hydrogen) atoms. The third-order valence-corrected chi connectivity index (χ3v) is 3.65. The minimum atomic E-state index is 0.143. The first kappa shape index (κ1) is 16.4. The summed E-state index contributed by atoms with van der Waals surface area (Å²) in [7, 11) is 0. The summed E-state index contributed by atoms with van der Waals surface area (Å²) in [6, 6.07) is 15.6. The first-order valence-electron chi connectivity index (χ1n) is 7.60. The van der Waals surface area contributed by atoms with E-state index in [4.69, 9.17) is 10.2 Å². The maximum absolute atomic E-state index is 12.1. The molecule has 0 radical (unpaired) electrons. The number of aliphatic hydroxyl groups is 2. The highest BCUT2D eigenvalue weighted by Gasteiger charge is 2.06. The second-order valence-electron chi connectivity index (χ2n) is 5.47. The number of rotatable bonds is 8. The number of benzene rings is 2. The summed E-state index contributed by atoms with van der Waals surface area (Å²) in [5.41, 5.74) is 4.17. The van der Waals surface area contributed by atoms with E-state index in [0.29, 0.717) is 25.7 Å². The van der Waals surface area contributed by atoms with E-state index in [0.717, 1.165) is 22.3 Å². The summed E-state index contributed by atoms with van der Waals surface area (Å²) in [5, 5.41) is 17.8. The van der Waals surface area contributed by atoms with Gasteiger partial charge in [-0.1, -0.05) is 48.5 Å². The van der Waals surface area contributed by atoms with Crippen LogP contribution in [-0.2, 0) is 30.5 Å². The fraction of sp³-hybridized carbons (Fsp3) is 0.316. The lowest BCUT2D eigenvalue weighted by Gasteiger charge is -2.05. The normalized spacial score (nSPS) is 10.6. The smallest absolute Gasteiger partial charge is 0.141 e. The Hall–Kier alpha value is -1.97. The van der Waals surface area contributed by atoms with Crippen molar-refractivity contribution < 1.29 is 15.0 Å². The molecule has 0 spiro atoms. The highest BCUT2D eigenvalue weighted by molar-refractivity contribution is 5.83. The van der Waals surface area contributed by atoms with E-state index in [9.17, 15) is 4.79 Å². The van der Waals surface area contributed by atoms with Gasteiger partial charge in [-0.3, -0.25) is 4.79 Å². The number of hydrogen-bond acceptors (Lipinski definition) is 3. The molecule has 2 N–H and O–H groups in total. The van der Waals surface area contributed by atoms with Gasteiger partial charge in [0.1, 0.15) is 5.78 Å². The number of carbonyl (C=O) groups excluding carboxylic acids is 1. The van der Waals surface area contributed by atoms with E-state index < -0.39 is 0 Å². The SMILES string of the molecule is O=C(Cc1ccc(CCO)cc1)Cc1ccc(CCO)cc1. The van der Waals surface area contributed by atoms with Crippen LogP contribution < -0.4 is 0 Å². The summed E-state index contributed by atoms with van der Waals surface area (Å²) in [4.78, 5) is 12.1. The molecule has 0 heterocycles. The van der Waals surface area contributed by atoms with Gasteiger partial charge in [0.15, 0.2) is 0 Å². The van der Waals surface area contributed by atoms with Crippen LogP contribution >= 0.6 is 0 Å². The van der Waals surface area contributed by atoms with Gasteiger partial charge in [0.05, 0.1) is 0 Å². The highest BCUT2D eigenvalue weighted by Crippen LogP contribution is 2.10. The van der Waals surface area contributed by atoms with Crippen molar-refractivity contribution >= 4 is 5.78 Å². The maximum atomic E-state index is 12.1. The van der Waals surface area contributed by atoms with Crippen molar-refractivity contribution in [3.8, 4) is 0 Å². The van der Waals surface area contributed by atoms with Gasteiger partial charge >= 0.3 is 0 Å². The number of hydrogen-bond donors (Lipinski definition) is 2. The van der Waals surface area contributed by atoms with Crippen molar-refractivity contribution in [2.45, 2.75) is 25.7 Å². The Bertz CT molecular complexity index is 532. The summed E-state index contributed by atoms with van der Waals surface area (Å²) < 4.78 is 0. The molecule has 0 saturated carbocycles. The molecule has 0 aliphatic carbocycles. The van der Waals surface area contributed by atoms with Crippen molar-refractivity contribution in [3.05, 3.63) is 70.8 Å². The molecule has 2 aromatic carbocycles. The molecule has 2 rings (SSSR count). The predicted molar refractivity (Wildman–Crippen MR) is 86.9 cm³/mol. The van der Waals surface area contributed by atoms with Crippen LogP contribution in [0.2, 0.25) is 0 Å². The molecule has 0 aliphatic rings. The highest BCUT2D eigenvalue weighted by atomic mass is 16.3. The lowest BCUT2D eigenvalue weighted by molar-refractivity contribution is -0.117. The van der Waals surface area contributed by atoms with Crippen LogP contribution in [0.3, 0.4) is 0 Å². The molecule has 3 nitrogen and oxygen atoms in total. The maximum Gasteiger partial charge on any atom is 0.141 e. The molecular formula is C19H22O3. The molecular weight excluding hydrogens is 276 g/mol. The first-order chi connectivity index (χ1) is 10.7. The Labute approximate surface area is 131 Å². The van der Waals surface area contributed by atoms with Crippen LogP contribution in [0, 0.1) is 0 Å². The zero-order chi connectivity index (χ0) is 15.8. The van der Waals surface area contributed by atoms with Crippen LogP contribution in [0.4, 0.5) is 0 Å². The molecule has 0 fully saturated rings. The zero-order valence-corrected chi connectivity index (χ0v) is 12.7. The third-order valence-electron chi connectivity index (χ3n) is 3.65. The van der Waals surface area contributed by atoms with Crippen molar-refractivity contribution in [3.63, 3.8) is 0 Å². The quantitative estimate of drug-likeness (QED) is 0.785. The van der Waals surface area contributed by atoms with E-state index in [1.54, 1.807) is 0 Å². The first-order valence-corrected chi connectivity index (χ1v) is 7.60. The van der Waals surface area contributed by atoms with Crippen LogP contribution in [-0.4, -0.2) is 29.2 Å². The molecule has 0 bridgehead atoms. The number of ketones is 1. The molecule has 0 aromatic heterocycles. The van der Waals surface area contributed by atoms with E-state index in [1.807, 2.05) is 48.5 Å². The molecule has 0 amide bonds. The fourth-order valence-electron chi connectivity index (χ4n) is 2.42. The molecule has 0 atom stereocenters. The van der Waals surface area contributed by atoms with Crippen molar-refractivity contribution in [2.24, 2.45) is 0 Å². The van der Waals surface area contributed by atoms with E-state index in [1.165, 1.54) is 0 Å². The largest absolute Gasteiger partial charge is 0.396 e. The predicted octanol–water partition coefficient (Wildman–Crippen LogP) is 2.11. The Balaban J connectivity index is 1.89. The van der Waals surface area contributed by atoms with Gasteiger partial charge in [-0.2, -0.15) is 0 Å². The van der Waals surface area contributed by atoms with Crippen LogP contribution in [0.25, 0.3) is 0 Å². The third kappa shape index (κ3) is 5.10. The molecule has 2 aromatic rings. The lowest BCUT2D eigenvalue weighted by Crippen LogP contribution is -2.07. The summed E-state index contributed by atoms with van der Waals surface area (Å²) in [6.07, 6.45) is 2.15. The molecule has 0 aliphatic heterocycles. The van der Waals surface area contributed by atoms with Gasteiger partial charge < -0.3 is 10.2 Å². The Morgan fingerprint density at radius 2 is 0.955 bits per heavy atom. The number of Topliss-reactive ketones (excluding diaryl/α,β-unsaturated/α-hetero) is 1. The molecule has 116 valence electrons. The van der Waals surface area contributed by atoms with Gasteiger partial charge in [0, 0.05) is 26.1 Å². The van der Waals surface area contributed by atoms with Gasteiger partial charge in [-0.25, -0.2) is 0 Å². The number of aliphatic hydroxyl groups excluding tert-OH is 2. The lowest BCUT2D eigenvalue weighted by atomic mass is 10.0. The Kier molecular flexibility index (Phi) is 6.31. The topological polar surface area (TPSA) is 57.5 Å². The minimum Gasteiger partial charge on any atom is -0.396 e. The molecule has 0 unspecified atom stereocenters. The van der Waals surface area contributed by atoms with Crippen molar-refractivity contribution in [1.82, 2.24) is 0 Å². The standard InChI is InChI=1S/C19H22O3/c20-11-9-15-1-5-17(6-2-15)13-19(22)14-18-7-3-16(4-8-18)10-12-21/h1-8,20-21H,9-14H2. The fourth-order valence-corrected chi connectivity index (χ4v) is 2.42. The second-order valence-corrected chi connectivity index (χ2v) is 5.47. The van der Waals surface area contributed by atoms with E-state index in [-0.39, 0.29) is 19.0 Å². The number of carbonyl (C=O) groups is 1. The Morgan fingerprint density at radius 3 is 1.27 bits per heavy atom. The van der Waals surface area contributed by atoms with Crippen LogP contribution in [0.15, 0.2) is 48.5 Å². The second kappa shape index (κ2) is 8.47. The van der Waals surface area contributed by atoms with E-state index in [2.05, 4.69) is 0 Å².